The number of carbonyl (C=O) groups is 1. The van der Waals surface area contributed by atoms with Crippen molar-refractivity contribution in [2.75, 3.05) is 25.0 Å². The molecule has 1 saturated carbocycles. The van der Waals surface area contributed by atoms with Gasteiger partial charge in [-0.15, -0.1) is 0 Å². The van der Waals surface area contributed by atoms with Gasteiger partial charge in [-0.25, -0.2) is 14.8 Å². The van der Waals surface area contributed by atoms with Crippen LogP contribution in [0, 0.1) is 11.3 Å². The Kier molecular flexibility index (Phi) is 4.86. The van der Waals surface area contributed by atoms with Crippen molar-refractivity contribution in [3.05, 3.63) is 36.2 Å². The quantitative estimate of drug-likeness (QED) is 0.664. The van der Waals surface area contributed by atoms with E-state index in [0.29, 0.717) is 12.5 Å². The Balaban J connectivity index is 1.37. The third-order valence-electron chi connectivity index (χ3n) is 6.32. The Bertz CT molecular complexity index is 937. The highest BCUT2D eigenvalue weighted by atomic mass is 32.2. The molecule has 2 bridgehead atoms. The summed E-state index contributed by atoms with van der Waals surface area (Å²) in [6.07, 6.45) is 9.13. The molecule has 2 aromatic rings. The summed E-state index contributed by atoms with van der Waals surface area (Å²) in [5.41, 5.74) is 2.57. The number of rotatable bonds is 3. The molecule has 1 amide bonds. The van der Waals surface area contributed by atoms with E-state index in [4.69, 9.17) is 4.74 Å². The number of hydrogen-bond donors (Lipinski definition) is 1. The second kappa shape index (κ2) is 7.52. The molecule has 3 aliphatic rings. The van der Waals surface area contributed by atoms with Crippen molar-refractivity contribution in [1.29, 1.82) is 0 Å². The number of nitrogens with zero attached hydrogens (tertiary/aromatic N) is 3. The zero-order chi connectivity index (χ0) is 19.8. The van der Waals surface area contributed by atoms with Gasteiger partial charge >= 0.3 is 6.09 Å². The molecule has 0 spiro atoms. The van der Waals surface area contributed by atoms with Crippen LogP contribution in [0.4, 0.5) is 16.3 Å². The monoisotopic (exact) mass is 410 g/mol. The normalized spacial score (nSPS) is 24.9. The number of anilines is 2. The van der Waals surface area contributed by atoms with E-state index in [1.54, 1.807) is 24.2 Å². The van der Waals surface area contributed by atoms with Gasteiger partial charge in [0.15, 0.2) is 5.82 Å². The van der Waals surface area contributed by atoms with E-state index in [9.17, 15) is 4.79 Å². The summed E-state index contributed by atoms with van der Waals surface area (Å²) in [7, 11) is 0. The number of hydrogen-bond acceptors (Lipinski definition) is 6. The number of amides is 1. The summed E-state index contributed by atoms with van der Waals surface area (Å²) in [6, 6.07) is 6.67. The highest BCUT2D eigenvalue weighted by Gasteiger charge is 2.44. The maximum atomic E-state index is 12.4. The smallest absolute Gasteiger partial charge is 0.409 e. The second-order valence-corrected chi connectivity index (χ2v) is 9.52. The van der Waals surface area contributed by atoms with E-state index >= 15 is 0 Å². The van der Waals surface area contributed by atoms with E-state index in [1.165, 1.54) is 36.1 Å². The van der Waals surface area contributed by atoms with Crippen LogP contribution in [0.1, 0.15) is 38.2 Å². The number of ether oxygens (including phenoxy) is 1. The maximum Gasteiger partial charge on any atom is 0.409 e. The van der Waals surface area contributed by atoms with Crippen molar-refractivity contribution >= 4 is 29.4 Å². The first kappa shape index (κ1) is 18.7. The average Bonchev–Trinajstić information content (AvgIpc) is 2.72. The second-order valence-electron chi connectivity index (χ2n) is 8.49. The fraction of sp³-hybridized carbons (Fsp3) is 0.500. The summed E-state index contributed by atoms with van der Waals surface area (Å²) < 4.78 is 5.31. The third-order valence-corrected chi connectivity index (χ3v) is 7.39. The number of likely N-dealkylation sites (tertiary alicyclic amines) is 1. The van der Waals surface area contributed by atoms with Crippen molar-refractivity contribution in [1.82, 2.24) is 14.9 Å². The zero-order valence-corrected chi connectivity index (χ0v) is 17.5. The number of benzene rings is 1. The minimum atomic E-state index is -0.151. The average molecular weight is 411 g/mol. The topological polar surface area (TPSA) is 67.3 Å². The Morgan fingerprint density at radius 1 is 1.38 bits per heavy atom. The van der Waals surface area contributed by atoms with Crippen molar-refractivity contribution in [3.63, 3.8) is 0 Å². The predicted octanol–water partition coefficient (Wildman–Crippen LogP) is 4.88. The Morgan fingerprint density at radius 3 is 3.17 bits per heavy atom. The first-order chi connectivity index (χ1) is 14.1. The fourth-order valence-electron chi connectivity index (χ4n) is 5.26. The van der Waals surface area contributed by atoms with Crippen LogP contribution in [0.25, 0.3) is 0 Å². The van der Waals surface area contributed by atoms with E-state index in [2.05, 4.69) is 33.5 Å². The van der Waals surface area contributed by atoms with Gasteiger partial charge < -0.3 is 15.0 Å². The largest absolute Gasteiger partial charge is 0.450 e. The molecule has 0 radical (unpaired) electrons. The lowest BCUT2D eigenvalue weighted by Gasteiger charge is -2.49. The van der Waals surface area contributed by atoms with Gasteiger partial charge in [0.2, 0.25) is 0 Å². The molecule has 2 fully saturated rings. The summed E-state index contributed by atoms with van der Waals surface area (Å²) in [4.78, 5) is 24.4. The van der Waals surface area contributed by atoms with Gasteiger partial charge in [-0.2, -0.15) is 0 Å². The van der Waals surface area contributed by atoms with Gasteiger partial charge in [0.1, 0.15) is 5.03 Å². The molecule has 1 aromatic heterocycles. The van der Waals surface area contributed by atoms with E-state index in [0.717, 1.165) is 36.0 Å². The number of nitrogens with one attached hydrogen (secondary N) is 1. The van der Waals surface area contributed by atoms with Gasteiger partial charge in [-0.1, -0.05) is 24.2 Å². The number of carbonyl (C=O) groups excluding carboxylic acids is 1. The molecular formula is C22H26N4O2S. The molecule has 1 N–H and O–H groups in total. The van der Waals surface area contributed by atoms with E-state index < -0.39 is 0 Å². The Morgan fingerprint density at radius 2 is 2.28 bits per heavy atom. The molecule has 2 atom stereocenters. The van der Waals surface area contributed by atoms with Crippen LogP contribution >= 0.6 is 11.8 Å². The summed E-state index contributed by atoms with van der Waals surface area (Å²) >= 11 is 1.66. The van der Waals surface area contributed by atoms with Crippen molar-refractivity contribution in [2.45, 2.75) is 48.9 Å². The van der Waals surface area contributed by atoms with Crippen LogP contribution in [0.3, 0.4) is 0 Å². The molecule has 2 aliphatic heterocycles. The molecule has 1 saturated heterocycles. The van der Waals surface area contributed by atoms with Gasteiger partial charge in [0, 0.05) is 30.4 Å². The van der Waals surface area contributed by atoms with Crippen LogP contribution in [0.2, 0.25) is 0 Å². The minimum Gasteiger partial charge on any atom is -0.450 e. The number of aromatic nitrogens is 2. The lowest BCUT2D eigenvalue weighted by Crippen LogP contribution is -2.52. The van der Waals surface area contributed by atoms with Crippen molar-refractivity contribution in [3.8, 4) is 0 Å². The standard InChI is InChI=1S/C22H26N4O2S/c1-2-28-21(27)26-13-16-4-3-7-22(12-16,14-26)11-15-5-6-18-17(10-15)25-19-20(29-18)24-9-8-23-19/h5-6,8-10,16H,2-4,7,11-14H2,1H3,(H,23,25). The molecular weight excluding hydrogens is 384 g/mol. The van der Waals surface area contributed by atoms with Gasteiger partial charge in [-0.05, 0) is 61.6 Å². The van der Waals surface area contributed by atoms with Gasteiger partial charge in [-0.3, -0.25) is 0 Å². The summed E-state index contributed by atoms with van der Waals surface area (Å²) in [5, 5.41) is 4.35. The summed E-state index contributed by atoms with van der Waals surface area (Å²) in [6.45, 7) is 3.96. The van der Waals surface area contributed by atoms with Crippen LogP contribution in [0.15, 0.2) is 40.5 Å². The van der Waals surface area contributed by atoms with Crippen molar-refractivity contribution < 1.29 is 9.53 Å². The Hall–Kier alpha value is -2.28. The van der Waals surface area contributed by atoms with E-state index in [-0.39, 0.29) is 11.5 Å². The fourth-order valence-corrected chi connectivity index (χ4v) is 6.14. The van der Waals surface area contributed by atoms with Crippen LogP contribution < -0.4 is 5.32 Å². The molecule has 29 heavy (non-hydrogen) atoms. The SMILES string of the molecule is CCOC(=O)N1CC2CCCC(Cc3ccc4c(c3)Nc3nccnc3S4)(C2)C1. The highest BCUT2D eigenvalue weighted by molar-refractivity contribution is 7.99. The highest BCUT2D eigenvalue weighted by Crippen LogP contribution is 2.48. The molecule has 6 nitrogen and oxygen atoms in total. The van der Waals surface area contributed by atoms with Crippen molar-refractivity contribution in [2.24, 2.45) is 11.3 Å². The first-order valence-electron chi connectivity index (χ1n) is 10.4. The third kappa shape index (κ3) is 3.68. The lowest BCUT2D eigenvalue weighted by atomic mass is 9.64. The molecule has 152 valence electrons. The van der Waals surface area contributed by atoms with E-state index in [1.807, 2.05) is 11.8 Å². The first-order valence-corrected chi connectivity index (χ1v) is 11.3. The van der Waals surface area contributed by atoms with Crippen LogP contribution in [0.5, 0.6) is 0 Å². The van der Waals surface area contributed by atoms with Gasteiger partial charge in [0.05, 0.1) is 12.3 Å². The number of piperidine rings is 1. The zero-order valence-electron chi connectivity index (χ0n) is 16.7. The number of fused-ring (bicyclic) bond motifs is 4. The lowest BCUT2D eigenvalue weighted by molar-refractivity contribution is 0.00503. The van der Waals surface area contributed by atoms with Crippen LogP contribution in [-0.2, 0) is 11.2 Å². The molecule has 3 heterocycles. The molecule has 1 aromatic carbocycles. The summed E-state index contributed by atoms with van der Waals surface area (Å²) in [5.74, 6) is 1.42. The molecule has 2 unspecified atom stereocenters. The van der Waals surface area contributed by atoms with Crippen LogP contribution in [-0.4, -0.2) is 40.7 Å². The molecule has 5 rings (SSSR count). The minimum absolute atomic E-state index is 0.151. The maximum absolute atomic E-state index is 12.4. The van der Waals surface area contributed by atoms with Gasteiger partial charge in [0.25, 0.3) is 0 Å². The molecule has 7 heteroatoms. The molecule has 1 aliphatic carbocycles. The Labute approximate surface area is 175 Å². The predicted molar refractivity (Wildman–Crippen MR) is 113 cm³/mol.